The van der Waals surface area contributed by atoms with Gasteiger partial charge in [0.2, 0.25) is 5.91 Å². The van der Waals surface area contributed by atoms with E-state index in [1.165, 1.54) is 5.56 Å². The Morgan fingerprint density at radius 2 is 1.96 bits per heavy atom. The van der Waals surface area contributed by atoms with Crippen molar-refractivity contribution in [3.63, 3.8) is 0 Å². The van der Waals surface area contributed by atoms with E-state index >= 15 is 0 Å². The van der Waals surface area contributed by atoms with Gasteiger partial charge in [-0.3, -0.25) is 4.79 Å². The lowest BCUT2D eigenvalue weighted by Gasteiger charge is -2.12. The summed E-state index contributed by atoms with van der Waals surface area (Å²) in [6.07, 6.45) is 0.376. The number of rotatable bonds is 7. The van der Waals surface area contributed by atoms with E-state index in [4.69, 9.17) is 4.74 Å². The van der Waals surface area contributed by atoms with Gasteiger partial charge in [0, 0.05) is 23.1 Å². The Labute approximate surface area is 145 Å². The molecule has 0 heterocycles. The first-order chi connectivity index (χ1) is 11.1. The second kappa shape index (κ2) is 8.58. The van der Waals surface area contributed by atoms with Crippen LogP contribution in [0.3, 0.4) is 0 Å². The van der Waals surface area contributed by atoms with Crippen LogP contribution in [0.1, 0.15) is 18.9 Å². The summed E-state index contributed by atoms with van der Waals surface area (Å²) in [5, 5.41) is 6.15. The lowest BCUT2D eigenvalue weighted by molar-refractivity contribution is -0.116. The third-order valence-corrected chi connectivity index (χ3v) is 3.91. The smallest absolute Gasteiger partial charge is 0.226 e. The SMILES string of the molecule is CCOc1ccccc1NC(=O)CCNc1ccc(C)cc1Br. The number of anilines is 2. The lowest BCUT2D eigenvalue weighted by atomic mass is 10.2. The summed E-state index contributed by atoms with van der Waals surface area (Å²) < 4.78 is 6.50. The van der Waals surface area contributed by atoms with Crippen molar-refractivity contribution in [3.8, 4) is 5.75 Å². The van der Waals surface area contributed by atoms with Crippen LogP contribution in [0.25, 0.3) is 0 Å². The van der Waals surface area contributed by atoms with Gasteiger partial charge in [0.25, 0.3) is 0 Å². The highest BCUT2D eigenvalue weighted by molar-refractivity contribution is 9.10. The number of carbonyl (C=O) groups is 1. The molecule has 2 N–H and O–H groups in total. The summed E-state index contributed by atoms with van der Waals surface area (Å²) in [5.41, 5.74) is 2.88. The molecule has 4 nitrogen and oxygen atoms in total. The van der Waals surface area contributed by atoms with Crippen molar-refractivity contribution in [3.05, 3.63) is 52.5 Å². The summed E-state index contributed by atoms with van der Waals surface area (Å²) in [5.74, 6) is 0.644. The van der Waals surface area contributed by atoms with Crippen molar-refractivity contribution in [1.82, 2.24) is 0 Å². The average molecular weight is 377 g/mol. The van der Waals surface area contributed by atoms with Gasteiger partial charge >= 0.3 is 0 Å². The van der Waals surface area contributed by atoms with E-state index in [0.29, 0.717) is 31.0 Å². The number of para-hydroxylation sites is 2. The number of hydrogen-bond acceptors (Lipinski definition) is 3. The van der Waals surface area contributed by atoms with Crippen molar-refractivity contribution in [2.24, 2.45) is 0 Å². The predicted octanol–water partition coefficient (Wildman–Crippen LogP) is 4.60. The van der Waals surface area contributed by atoms with E-state index < -0.39 is 0 Å². The lowest BCUT2D eigenvalue weighted by Crippen LogP contribution is -2.17. The van der Waals surface area contributed by atoms with E-state index in [2.05, 4.69) is 26.6 Å². The number of ether oxygens (including phenoxy) is 1. The number of carbonyl (C=O) groups excluding carboxylic acids is 1. The zero-order valence-electron chi connectivity index (χ0n) is 13.4. The molecule has 0 fully saturated rings. The second-order valence-corrected chi connectivity index (χ2v) is 5.99. The molecule has 0 aliphatic rings. The summed E-state index contributed by atoms with van der Waals surface area (Å²) in [6, 6.07) is 13.5. The summed E-state index contributed by atoms with van der Waals surface area (Å²) >= 11 is 3.52. The average Bonchev–Trinajstić information content (AvgIpc) is 2.52. The molecule has 0 aromatic heterocycles. The van der Waals surface area contributed by atoms with Crippen LogP contribution in [-0.4, -0.2) is 19.1 Å². The maximum absolute atomic E-state index is 12.1. The van der Waals surface area contributed by atoms with Crippen molar-refractivity contribution < 1.29 is 9.53 Å². The van der Waals surface area contributed by atoms with Crippen molar-refractivity contribution in [2.45, 2.75) is 20.3 Å². The van der Waals surface area contributed by atoms with Crippen molar-refractivity contribution in [2.75, 3.05) is 23.8 Å². The number of benzene rings is 2. The number of nitrogens with one attached hydrogen (secondary N) is 2. The molecule has 122 valence electrons. The van der Waals surface area contributed by atoms with Gasteiger partial charge < -0.3 is 15.4 Å². The van der Waals surface area contributed by atoms with Crippen LogP contribution < -0.4 is 15.4 Å². The molecule has 0 atom stereocenters. The highest BCUT2D eigenvalue weighted by Gasteiger charge is 2.07. The maximum atomic E-state index is 12.1. The van der Waals surface area contributed by atoms with E-state index in [1.54, 1.807) is 0 Å². The molecule has 0 aliphatic heterocycles. The molecule has 0 saturated carbocycles. The molecule has 2 rings (SSSR count). The standard InChI is InChI=1S/C18H21BrN2O2/c1-3-23-17-7-5-4-6-16(17)21-18(22)10-11-20-15-9-8-13(2)12-14(15)19/h4-9,12,20H,3,10-11H2,1-2H3,(H,21,22). The Bertz CT molecular complexity index is 674. The normalized spacial score (nSPS) is 10.2. The molecule has 2 aromatic carbocycles. The fourth-order valence-corrected chi connectivity index (χ4v) is 2.77. The highest BCUT2D eigenvalue weighted by Crippen LogP contribution is 2.24. The summed E-state index contributed by atoms with van der Waals surface area (Å²) in [6.45, 7) is 5.08. The highest BCUT2D eigenvalue weighted by atomic mass is 79.9. The van der Waals surface area contributed by atoms with Gasteiger partial charge in [0.05, 0.1) is 12.3 Å². The Morgan fingerprint density at radius 1 is 1.17 bits per heavy atom. The number of amides is 1. The minimum atomic E-state index is -0.0483. The number of halogens is 1. The van der Waals surface area contributed by atoms with Crippen LogP contribution >= 0.6 is 15.9 Å². The van der Waals surface area contributed by atoms with E-state index in [1.807, 2.05) is 56.3 Å². The zero-order chi connectivity index (χ0) is 16.7. The van der Waals surface area contributed by atoms with E-state index in [9.17, 15) is 4.79 Å². The van der Waals surface area contributed by atoms with Gasteiger partial charge in [0.15, 0.2) is 0 Å². The monoisotopic (exact) mass is 376 g/mol. The molecule has 0 spiro atoms. The third kappa shape index (κ3) is 5.28. The van der Waals surface area contributed by atoms with E-state index in [-0.39, 0.29) is 5.91 Å². The van der Waals surface area contributed by atoms with Gasteiger partial charge in [-0.15, -0.1) is 0 Å². The number of aryl methyl sites for hydroxylation is 1. The molecule has 23 heavy (non-hydrogen) atoms. The Kier molecular flexibility index (Phi) is 6.47. The second-order valence-electron chi connectivity index (χ2n) is 5.14. The minimum absolute atomic E-state index is 0.0483. The maximum Gasteiger partial charge on any atom is 0.226 e. The van der Waals surface area contributed by atoms with Gasteiger partial charge in [-0.05, 0) is 59.6 Å². The Hall–Kier alpha value is -2.01. The van der Waals surface area contributed by atoms with Crippen molar-refractivity contribution >= 4 is 33.2 Å². The Morgan fingerprint density at radius 3 is 2.70 bits per heavy atom. The van der Waals surface area contributed by atoms with Crippen LogP contribution in [-0.2, 0) is 4.79 Å². The third-order valence-electron chi connectivity index (χ3n) is 3.25. The molecule has 5 heteroatoms. The zero-order valence-corrected chi connectivity index (χ0v) is 14.9. The summed E-state index contributed by atoms with van der Waals surface area (Å²) in [4.78, 5) is 12.1. The van der Waals surface area contributed by atoms with Crippen LogP contribution in [0, 0.1) is 6.92 Å². The van der Waals surface area contributed by atoms with Crippen molar-refractivity contribution in [1.29, 1.82) is 0 Å². The molecule has 1 amide bonds. The minimum Gasteiger partial charge on any atom is -0.492 e. The van der Waals surface area contributed by atoms with Gasteiger partial charge in [-0.2, -0.15) is 0 Å². The molecule has 0 aliphatic carbocycles. The van der Waals surface area contributed by atoms with Crippen LogP contribution in [0.2, 0.25) is 0 Å². The first-order valence-electron chi connectivity index (χ1n) is 7.62. The molecular weight excluding hydrogens is 356 g/mol. The van der Waals surface area contributed by atoms with E-state index in [0.717, 1.165) is 10.2 Å². The molecule has 0 bridgehead atoms. The van der Waals surface area contributed by atoms with Gasteiger partial charge in [0.1, 0.15) is 5.75 Å². The Balaban J connectivity index is 1.86. The topological polar surface area (TPSA) is 50.4 Å². The van der Waals surface area contributed by atoms with Gasteiger partial charge in [-0.1, -0.05) is 18.2 Å². The first kappa shape index (κ1) is 17.3. The van der Waals surface area contributed by atoms with Crippen LogP contribution in [0.15, 0.2) is 46.9 Å². The molecular formula is C18H21BrN2O2. The predicted molar refractivity (Wildman–Crippen MR) is 98.2 cm³/mol. The largest absolute Gasteiger partial charge is 0.492 e. The van der Waals surface area contributed by atoms with Crippen LogP contribution in [0.4, 0.5) is 11.4 Å². The quantitative estimate of drug-likeness (QED) is 0.742. The first-order valence-corrected chi connectivity index (χ1v) is 8.41. The molecule has 0 radical (unpaired) electrons. The van der Waals surface area contributed by atoms with Gasteiger partial charge in [-0.25, -0.2) is 0 Å². The van der Waals surface area contributed by atoms with Crippen LogP contribution in [0.5, 0.6) is 5.75 Å². The number of hydrogen-bond donors (Lipinski definition) is 2. The fourth-order valence-electron chi connectivity index (χ4n) is 2.14. The molecule has 0 unspecified atom stereocenters. The fraction of sp³-hybridized carbons (Fsp3) is 0.278. The molecule has 0 saturated heterocycles. The summed E-state index contributed by atoms with van der Waals surface area (Å²) in [7, 11) is 0. The molecule has 2 aromatic rings.